The van der Waals surface area contributed by atoms with Crippen LogP contribution in [0.15, 0.2) is 35.6 Å². The molecule has 2 N–H and O–H groups in total. The lowest BCUT2D eigenvalue weighted by Crippen LogP contribution is -2.43. The molecule has 0 saturated heterocycles. The second-order valence-corrected chi connectivity index (χ2v) is 6.48. The van der Waals surface area contributed by atoms with E-state index in [-0.39, 0.29) is 35.2 Å². The quantitative estimate of drug-likeness (QED) is 0.368. The van der Waals surface area contributed by atoms with E-state index in [9.17, 15) is 4.39 Å². The minimum absolute atomic E-state index is 0. The van der Waals surface area contributed by atoms with Gasteiger partial charge in [-0.3, -0.25) is 0 Å². The molecule has 144 valence electrons. The first-order chi connectivity index (χ1) is 12.0. The highest BCUT2D eigenvalue weighted by molar-refractivity contribution is 14.0. The number of aryl methyl sites for hydroxylation is 1. The van der Waals surface area contributed by atoms with Gasteiger partial charge >= 0.3 is 0 Å². The smallest absolute Gasteiger partial charge is 0.191 e. The van der Waals surface area contributed by atoms with Crippen LogP contribution >= 0.6 is 24.0 Å². The molecule has 0 fully saturated rings. The van der Waals surface area contributed by atoms with Crippen molar-refractivity contribution in [2.24, 2.45) is 4.99 Å². The van der Waals surface area contributed by atoms with Gasteiger partial charge in [0.15, 0.2) is 11.8 Å². The molecule has 0 saturated carbocycles. The third-order valence-corrected chi connectivity index (χ3v) is 4.06. The Hall–Kier alpha value is -1.71. The van der Waals surface area contributed by atoms with Crippen molar-refractivity contribution in [2.75, 3.05) is 13.1 Å². The van der Waals surface area contributed by atoms with E-state index in [1.165, 1.54) is 6.07 Å². The molecule has 0 unspecified atom stereocenters. The number of aromatic nitrogens is 3. The molecule has 0 spiro atoms. The summed E-state index contributed by atoms with van der Waals surface area (Å²) in [6.45, 7) is 10.9. The molecule has 1 aromatic carbocycles. The lowest BCUT2D eigenvalue weighted by molar-refractivity contribution is 0.503. The highest BCUT2D eigenvalue weighted by Crippen LogP contribution is 2.22. The molecule has 0 aliphatic carbocycles. The number of halogens is 2. The predicted molar refractivity (Wildman–Crippen MR) is 113 cm³/mol. The first-order valence-corrected chi connectivity index (χ1v) is 8.61. The van der Waals surface area contributed by atoms with Crippen LogP contribution in [0.3, 0.4) is 0 Å². The standard InChI is InChI=1S/C18H27FN6.HI/c1-5-20-17(21-11-16-24-23-13-25(16)6-2)22-12-18(3,4)14-8-7-9-15(19)10-14;/h7-10,13H,5-6,11-12H2,1-4H3,(H2,20,21,22);1H. The SMILES string of the molecule is CCNC(=NCc1nncn1CC)NCC(C)(C)c1cccc(F)c1.I. The molecular formula is C18H28FIN6. The van der Waals surface area contributed by atoms with Crippen molar-refractivity contribution >= 4 is 29.9 Å². The Morgan fingerprint density at radius 3 is 2.69 bits per heavy atom. The van der Waals surface area contributed by atoms with E-state index < -0.39 is 0 Å². The zero-order valence-corrected chi connectivity index (χ0v) is 18.1. The fourth-order valence-corrected chi connectivity index (χ4v) is 2.47. The minimum Gasteiger partial charge on any atom is -0.357 e. The molecule has 0 aliphatic heterocycles. The summed E-state index contributed by atoms with van der Waals surface area (Å²) in [6.07, 6.45) is 1.71. The van der Waals surface area contributed by atoms with Crippen LogP contribution in [-0.2, 0) is 18.5 Å². The van der Waals surface area contributed by atoms with Gasteiger partial charge in [0.2, 0.25) is 0 Å². The Balaban J connectivity index is 0.00000338. The van der Waals surface area contributed by atoms with Crippen LogP contribution < -0.4 is 10.6 Å². The molecule has 0 aliphatic rings. The number of hydrogen-bond acceptors (Lipinski definition) is 3. The van der Waals surface area contributed by atoms with E-state index in [2.05, 4.69) is 39.7 Å². The lowest BCUT2D eigenvalue weighted by Gasteiger charge is -2.26. The number of guanidine groups is 1. The van der Waals surface area contributed by atoms with Crippen LogP contribution in [0.1, 0.15) is 39.1 Å². The van der Waals surface area contributed by atoms with Gasteiger partial charge in [-0.1, -0.05) is 26.0 Å². The predicted octanol–water partition coefficient (Wildman–Crippen LogP) is 3.09. The van der Waals surface area contributed by atoms with Crippen LogP contribution in [0.2, 0.25) is 0 Å². The highest BCUT2D eigenvalue weighted by atomic mass is 127. The van der Waals surface area contributed by atoms with Crippen LogP contribution in [0.5, 0.6) is 0 Å². The zero-order valence-electron chi connectivity index (χ0n) is 15.8. The van der Waals surface area contributed by atoms with Gasteiger partial charge in [-0.2, -0.15) is 0 Å². The average molecular weight is 474 g/mol. The highest BCUT2D eigenvalue weighted by Gasteiger charge is 2.21. The van der Waals surface area contributed by atoms with Crippen molar-refractivity contribution in [1.82, 2.24) is 25.4 Å². The summed E-state index contributed by atoms with van der Waals surface area (Å²) in [5.74, 6) is 1.31. The van der Waals surface area contributed by atoms with Crippen molar-refractivity contribution in [3.8, 4) is 0 Å². The molecule has 0 amide bonds. The maximum absolute atomic E-state index is 13.5. The van der Waals surface area contributed by atoms with Gasteiger partial charge < -0.3 is 15.2 Å². The summed E-state index contributed by atoms with van der Waals surface area (Å²) in [5.41, 5.74) is 0.712. The number of hydrogen-bond donors (Lipinski definition) is 2. The minimum atomic E-state index is -0.234. The monoisotopic (exact) mass is 474 g/mol. The third kappa shape index (κ3) is 6.22. The number of nitrogens with one attached hydrogen (secondary N) is 2. The molecule has 8 heteroatoms. The maximum Gasteiger partial charge on any atom is 0.191 e. The molecule has 26 heavy (non-hydrogen) atoms. The molecule has 2 aromatic rings. The third-order valence-electron chi connectivity index (χ3n) is 4.06. The molecule has 0 bridgehead atoms. The first-order valence-electron chi connectivity index (χ1n) is 8.61. The lowest BCUT2D eigenvalue weighted by atomic mass is 9.84. The van der Waals surface area contributed by atoms with Crippen LogP contribution in [0.4, 0.5) is 4.39 Å². The van der Waals surface area contributed by atoms with E-state index in [1.54, 1.807) is 18.5 Å². The number of benzene rings is 1. The summed E-state index contributed by atoms with van der Waals surface area (Å²) in [6, 6.07) is 6.72. The molecule has 0 atom stereocenters. The summed E-state index contributed by atoms with van der Waals surface area (Å²) in [7, 11) is 0. The van der Waals surface area contributed by atoms with Crippen molar-refractivity contribution in [3.63, 3.8) is 0 Å². The van der Waals surface area contributed by atoms with E-state index in [4.69, 9.17) is 0 Å². The molecule has 0 radical (unpaired) electrons. The fourth-order valence-electron chi connectivity index (χ4n) is 2.47. The topological polar surface area (TPSA) is 67.1 Å². The average Bonchev–Trinajstić information content (AvgIpc) is 3.05. The van der Waals surface area contributed by atoms with Gasteiger partial charge in [0.1, 0.15) is 18.7 Å². The van der Waals surface area contributed by atoms with Crippen LogP contribution in [0.25, 0.3) is 0 Å². The van der Waals surface area contributed by atoms with Crippen LogP contribution in [0, 0.1) is 5.82 Å². The largest absolute Gasteiger partial charge is 0.357 e. The van der Waals surface area contributed by atoms with Gasteiger partial charge in [-0.05, 0) is 31.5 Å². The second-order valence-electron chi connectivity index (χ2n) is 6.48. The van der Waals surface area contributed by atoms with Crippen molar-refractivity contribution in [3.05, 3.63) is 47.8 Å². The normalized spacial score (nSPS) is 11.8. The summed E-state index contributed by atoms with van der Waals surface area (Å²) in [4.78, 5) is 4.58. The number of rotatable bonds is 7. The summed E-state index contributed by atoms with van der Waals surface area (Å²) >= 11 is 0. The molecular weight excluding hydrogens is 446 g/mol. The van der Waals surface area contributed by atoms with Crippen molar-refractivity contribution in [2.45, 2.75) is 46.2 Å². The maximum atomic E-state index is 13.5. The number of aliphatic imine (C=N–C) groups is 1. The molecule has 6 nitrogen and oxygen atoms in total. The van der Waals surface area contributed by atoms with Gasteiger partial charge in [0.25, 0.3) is 0 Å². The van der Waals surface area contributed by atoms with Gasteiger partial charge in [0, 0.05) is 25.0 Å². The summed E-state index contributed by atoms with van der Waals surface area (Å²) < 4.78 is 15.5. The van der Waals surface area contributed by atoms with Crippen molar-refractivity contribution in [1.29, 1.82) is 0 Å². The van der Waals surface area contributed by atoms with E-state index in [0.717, 1.165) is 24.5 Å². The van der Waals surface area contributed by atoms with Gasteiger partial charge in [0.05, 0.1) is 0 Å². The van der Waals surface area contributed by atoms with Crippen molar-refractivity contribution < 1.29 is 4.39 Å². The summed E-state index contributed by atoms with van der Waals surface area (Å²) in [5, 5.41) is 14.6. The molecule has 1 heterocycles. The second kappa shape index (κ2) is 10.4. The Kier molecular flexibility index (Phi) is 8.97. The van der Waals surface area contributed by atoms with Gasteiger partial charge in [-0.15, -0.1) is 34.2 Å². The molecule has 2 rings (SSSR count). The van der Waals surface area contributed by atoms with E-state index >= 15 is 0 Å². The zero-order chi connectivity index (χ0) is 18.3. The Morgan fingerprint density at radius 1 is 1.27 bits per heavy atom. The van der Waals surface area contributed by atoms with E-state index in [1.807, 2.05) is 24.5 Å². The first kappa shape index (κ1) is 22.3. The number of nitrogens with zero attached hydrogens (tertiary/aromatic N) is 4. The Morgan fingerprint density at radius 2 is 2.04 bits per heavy atom. The van der Waals surface area contributed by atoms with Gasteiger partial charge in [-0.25, -0.2) is 9.38 Å². The van der Waals surface area contributed by atoms with E-state index in [0.29, 0.717) is 19.0 Å². The molecule has 1 aromatic heterocycles. The van der Waals surface area contributed by atoms with Crippen LogP contribution in [-0.4, -0.2) is 33.8 Å². The Bertz CT molecular complexity index is 713. The fraction of sp³-hybridized carbons (Fsp3) is 0.500. The Labute approximate surface area is 171 Å².